The second-order valence-electron chi connectivity index (χ2n) is 5.52. The number of hydrogen-bond donors (Lipinski definition) is 2. The van der Waals surface area contributed by atoms with Crippen molar-refractivity contribution in [1.29, 1.82) is 0 Å². The van der Waals surface area contributed by atoms with Gasteiger partial charge in [-0.05, 0) is 35.9 Å². The molecule has 2 heterocycles. The zero-order valence-corrected chi connectivity index (χ0v) is 13.5. The number of carbonyl (C=O) groups is 1. The number of hydrogen-bond acceptors (Lipinski definition) is 5. The van der Waals surface area contributed by atoms with Crippen LogP contribution in [0.25, 0.3) is 11.0 Å². The summed E-state index contributed by atoms with van der Waals surface area (Å²) in [5.74, 6) is -0.0557. The summed E-state index contributed by atoms with van der Waals surface area (Å²) in [6.07, 6.45) is 0.202. The summed E-state index contributed by atoms with van der Waals surface area (Å²) in [4.78, 5) is 13.4. The van der Waals surface area contributed by atoms with E-state index in [0.29, 0.717) is 22.3 Å². The van der Waals surface area contributed by atoms with Gasteiger partial charge in [-0.25, -0.2) is 8.42 Å². The van der Waals surface area contributed by atoms with Crippen molar-refractivity contribution < 1.29 is 13.2 Å². The highest BCUT2D eigenvalue weighted by Crippen LogP contribution is 2.30. The summed E-state index contributed by atoms with van der Waals surface area (Å²) in [5, 5.41) is 10.4. The fraction of sp³-hybridized carbons (Fsp3) is 0.133. The molecule has 0 radical (unpaired) electrons. The van der Waals surface area contributed by atoms with Crippen LogP contribution in [0.4, 0.5) is 11.4 Å². The highest BCUT2D eigenvalue weighted by molar-refractivity contribution is 7.92. The number of carbonyl (C=O) groups excluding carboxylic acids is 1. The molecular formula is C15H13N5O3S. The molecule has 0 spiro atoms. The summed E-state index contributed by atoms with van der Waals surface area (Å²) in [6.45, 7) is 0. The molecule has 0 saturated carbocycles. The van der Waals surface area contributed by atoms with Crippen molar-refractivity contribution in [2.24, 2.45) is 0 Å². The Morgan fingerprint density at radius 3 is 2.88 bits per heavy atom. The molecule has 2 aromatic carbocycles. The number of anilines is 2. The number of nitrogens with zero attached hydrogens (tertiary/aromatic N) is 3. The molecule has 1 aliphatic heterocycles. The minimum absolute atomic E-state index is 0.0557. The lowest BCUT2D eigenvalue weighted by Crippen LogP contribution is -2.20. The Labute approximate surface area is 137 Å². The van der Waals surface area contributed by atoms with Crippen LogP contribution >= 0.6 is 0 Å². The van der Waals surface area contributed by atoms with Gasteiger partial charge < -0.3 is 4.90 Å². The number of H-pyrrole nitrogens is 1. The topological polar surface area (TPSA) is 108 Å². The van der Waals surface area contributed by atoms with Crippen molar-refractivity contribution in [3.05, 3.63) is 42.0 Å². The molecule has 24 heavy (non-hydrogen) atoms. The number of benzene rings is 2. The molecule has 0 aliphatic carbocycles. The van der Waals surface area contributed by atoms with Crippen LogP contribution in [-0.2, 0) is 21.2 Å². The second kappa shape index (κ2) is 5.03. The van der Waals surface area contributed by atoms with Crippen LogP contribution < -0.4 is 9.62 Å². The Hall–Kier alpha value is -2.94. The van der Waals surface area contributed by atoms with E-state index in [9.17, 15) is 13.2 Å². The van der Waals surface area contributed by atoms with Gasteiger partial charge in [-0.2, -0.15) is 15.4 Å². The lowest BCUT2D eigenvalue weighted by Gasteiger charge is -2.12. The number of aromatic amines is 1. The first-order valence-corrected chi connectivity index (χ1v) is 8.66. The van der Waals surface area contributed by atoms with E-state index in [1.807, 2.05) is 0 Å². The lowest BCUT2D eigenvalue weighted by molar-refractivity contribution is -0.117. The van der Waals surface area contributed by atoms with Crippen LogP contribution in [0.3, 0.4) is 0 Å². The van der Waals surface area contributed by atoms with E-state index in [1.165, 1.54) is 17.0 Å². The average molecular weight is 343 g/mol. The molecule has 8 nitrogen and oxygen atoms in total. The van der Waals surface area contributed by atoms with E-state index in [1.54, 1.807) is 31.3 Å². The monoisotopic (exact) mass is 343 g/mol. The maximum absolute atomic E-state index is 12.7. The van der Waals surface area contributed by atoms with Gasteiger partial charge >= 0.3 is 0 Å². The lowest BCUT2D eigenvalue weighted by atomic mass is 10.2. The van der Waals surface area contributed by atoms with E-state index >= 15 is 0 Å². The Balaban J connectivity index is 1.73. The van der Waals surface area contributed by atoms with Crippen LogP contribution in [0, 0.1) is 0 Å². The fourth-order valence-electron chi connectivity index (χ4n) is 2.77. The predicted octanol–water partition coefficient (Wildman–Crippen LogP) is 1.28. The molecule has 4 rings (SSSR count). The number of sulfonamides is 1. The zero-order valence-electron chi connectivity index (χ0n) is 12.6. The summed E-state index contributed by atoms with van der Waals surface area (Å²) in [6, 6.07) is 9.70. The van der Waals surface area contributed by atoms with Gasteiger partial charge in [0.1, 0.15) is 11.0 Å². The first-order chi connectivity index (χ1) is 11.5. The van der Waals surface area contributed by atoms with E-state index in [2.05, 4.69) is 20.1 Å². The summed E-state index contributed by atoms with van der Waals surface area (Å²) >= 11 is 0. The van der Waals surface area contributed by atoms with Gasteiger partial charge in [-0.3, -0.25) is 9.52 Å². The predicted molar refractivity (Wildman–Crippen MR) is 88.3 cm³/mol. The van der Waals surface area contributed by atoms with E-state index in [-0.39, 0.29) is 17.2 Å². The SMILES string of the molecule is CN1C(=O)Cc2cc(S(=O)(=O)Nc3cccc4n[nH]nc34)ccc21. The first kappa shape index (κ1) is 14.6. The maximum Gasteiger partial charge on any atom is 0.261 e. The summed E-state index contributed by atoms with van der Waals surface area (Å²) in [5.41, 5.74) is 2.78. The van der Waals surface area contributed by atoms with Gasteiger partial charge in [0.25, 0.3) is 10.0 Å². The summed E-state index contributed by atoms with van der Waals surface area (Å²) in [7, 11) is -2.13. The van der Waals surface area contributed by atoms with Gasteiger partial charge in [0, 0.05) is 12.7 Å². The van der Waals surface area contributed by atoms with E-state index in [4.69, 9.17) is 0 Å². The number of aromatic nitrogens is 3. The van der Waals surface area contributed by atoms with Gasteiger partial charge in [0.15, 0.2) is 0 Å². The number of amides is 1. The highest BCUT2D eigenvalue weighted by Gasteiger charge is 2.26. The normalized spacial score (nSPS) is 14.2. The molecule has 0 saturated heterocycles. The number of fused-ring (bicyclic) bond motifs is 2. The molecule has 3 aromatic rings. The molecule has 1 aromatic heterocycles. The third-order valence-corrected chi connectivity index (χ3v) is 5.39. The van der Waals surface area contributed by atoms with Crippen LogP contribution in [0.5, 0.6) is 0 Å². The Morgan fingerprint density at radius 2 is 2.04 bits per heavy atom. The van der Waals surface area contributed by atoms with Crippen molar-refractivity contribution in [1.82, 2.24) is 15.4 Å². The minimum Gasteiger partial charge on any atom is -0.315 e. The largest absolute Gasteiger partial charge is 0.315 e. The van der Waals surface area contributed by atoms with Crippen molar-refractivity contribution in [2.75, 3.05) is 16.7 Å². The zero-order chi connectivity index (χ0) is 16.9. The smallest absolute Gasteiger partial charge is 0.261 e. The quantitative estimate of drug-likeness (QED) is 0.745. The molecule has 0 unspecified atom stereocenters. The van der Waals surface area contributed by atoms with Gasteiger partial charge in [-0.15, -0.1) is 0 Å². The number of likely N-dealkylation sites (N-methyl/N-ethyl adjacent to an activating group) is 1. The van der Waals surface area contributed by atoms with Crippen molar-refractivity contribution in [2.45, 2.75) is 11.3 Å². The third kappa shape index (κ3) is 2.21. The molecule has 0 bridgehead atoms. The van der Waals surface area contributed by atoms with Crippen molar-refractivity contribution >= 4 is 38.3 Å². The highest BCUT2D eigenvalue weighted by atomic mass is 32.2. The van der Waals surface area contributed by atoms with E-state index < -0.39 is 10.0 Å². The molecule has 0 fully saturated rings. The standard InChI is InChI=1S/C15H13N5O3S/c1-20-13-6-5-10(7-9(13)8-14(20)21)24(22,23)18-12-4-2-3-11-15(12)17-19-16-11/h2-7,18H,8H2,1H3,(H,16,17,19). The summed E-state index contributed by atoms with van der Waals surface area (Å²) < 4.78 is 27.9. The van der Waals surface area contributed by atoms with Crippen LogP contribution in [0.1, 0.15) is 5.56 Å². The number of para-hydroxylation sites is 1. The van der Waals surface area contributed by atoms with Crippen molar-refractivity contribution in [3.8, 4) is 0 Å². The minimum atomic E-state index is -3.80. The molecule has 0 atom stereocenters. The van der Waals surface area contributed by atoms with Crippen molar-refractivity contribution in [3.63, 3.8) is 0 Å². The molecular weight excluding hydrogens is 330 g/mol. The number of rotatable bonds is 3. The van der Waals surface area contributed by atoms with Gasteiger partial charge in [0.05, 0.1) is 17.0 Å². The van der Waals surface area contributed by atoms with Gasteiger partial charge in [0.2, 0.25) is 5.91 Å². The Morgan fingerprint density at radius 1 is 1.21 bits per heavy atom. The first-order valence-electron chi connectivity index (χ1n) is 7.17. The van der Waals surface area contributed by atoms with Crippen LogP contribution in [0.15, 0.2) is 41.3 Å². The third-order valence-electron chi connectivity index (χ3n) is 4.03. The second-order valence-corrected chi connectivity index (χ2v) is 7.20. The molecule has 9 heteroatoms. The Kier molecular flexibility index (Phi) is 3.07. The number of nitrogens with one attached hydrogen (secondary N) is 2. The molecule has 2 N–H and O–H groups in total. The van der Waals surface area contributed by atoms with Gasteiger partial charge in [-0.1, -0.05) is 6.07 Å². The maximum atomic E-state index is 12.7. The van der Waals surface area contributed by atoms with E-state index in [0.717, 1.165) is 5.69 Å². The fourth-order valence-corrected chi connectivity index (χ4v) is 3.88. The van der Waals surface area contributed by atoms with Crippen LogP contribution in [-0.4, -0.2) is 36.8 Å². The molecule has 1 amide bonds. The Bertz CT molecular complexity index is 1070. The van der Waals surface area contributed by atoms with Crippen LogP contribution in [0.2, 0.25) is 0 Å². The molecule has 1 aliphatic rings. The molecule has 122 valence electrons. The average Bonchev–Trinajstić information content (AvgIpc) is 3.13.